The van der Waals surface area contributed by atoms with Crippen molar-refractivity contribution in [3.8, 4) is 0 Å². The van der Waals surface area contributed by atoms with Gasteiger partial charge in [0.25, 0.3) is 0 Å². The molecule has 2 rings (SSSR count). The number of hydrogen-bond donors (Lipinski definition) is 1. The van der Waals surface area contributed by atoms with E-state index in [1.54, 1.807) is 0 Å². The fourth-order valence-electron chi connectivity index (χ4n) is 2.09. The Bertz CT molecular complexity index is 498. The van der Waals surface area contributed by atoms with E-state index in [2.05, 4.69) is 0 Å². The predicted octanol–water partition coefficient (Wildman–Crippen LogP) is 3.34. The highest BCUT2D eigenvalue weighted by molar-refractivity contribution is 6.47. The quantitative estimate of drug-likeness (QED) is 0.852. The lowest BCUT2D eigenvalue weighted by atomic mass is 9.75. The molecule has 2 N–H and O–H groups in total. The molecule has 1 atom stereocenters. The van der Waals surface area contributed by atoms with Gasteiger partial charge in [-0.05, 0) is 45.4 Å². The molecular formula is C14H19BF3NO2. The van der Waals surface area contributed by atoms with Crippen molar-refractivity contribution in [3.63, 3.8) is 0 Å². The van der Waals surface area contributed by atoms with E-state index in [0.29, 0.717) is 5.56 Å². The molecule has 116 valence electrons. The van der Waals surface area contributed by atoms with Crippen molar-refractivity contribution in [1.82, 2.24) is 0 Å². The number of rotatable bonds is 2. The molecule has 3 nitrogen and oxygen atoms in total. The minimum Gasteiger partial charge on any atom is -0.402 e. The molecule has 0 spiro atoms. The zero-order chi connectivity index (χ0) is 16.1. The topological polar surface area (TPSA) is 44.5 Å². The molecule has 21 heavy (non-hydrogen) atoms. The van der Waals surface area contributed by atoms with Gasteiger partial charge >= 0.3 is 13.3 Å². The Balaban J connectivity index is 2.17. The third-order valence-electron chi connectivity index (χ3n) is 4.19. The largest absolute Gasteiger partial charge is 0.480 e. The lowest BCUT2D eigenvalue weighted by Gasteiger charge is -2.32. The number of halogens is 3. The van der Waals surface area contributed by atoms with Gasteiger partial charge in [-0.2, -0.15) is 13.2 Å². The predicted molar refractivity (Wildman–Crippen MR) is 74.5 cm³/mol. The Morgan fingerprint density at radius 2 is 1.43 bits per heavy atom. The molecule has 1 aromatic rings. The molecule has 0 saturated carbocycles. The van der Waals surface area contributed by atoms with Crippen molar-refractivity contribution in [3.05, 3.63) is 35.4 Å². The second-order valence-electron chi connectivity index (χ2n) is 6.27. The van der Waals surface area contributed by atoms with Gasteiger partial charge < -0.3 is 15.0 Å². The lowest BCUT2D eigenvalue weighted by molar-refractivity contribution is -0.137. The van der Waals surface area contributed by atoms with Gasteiger partial charge in [-0.3, -0.25) is 0 Å². The highest BCUT2D eigenvalue weighted by Gasteiger charge is 2.53. The summed E-state index contributed by atoms with van der Waals surface area (Å²) in [7, 11) is -0.688. The fraction of sp³-hybridized carbons (Fsp3) is 0.571. The van der Waals surface area contributed by atoms with Crippen LogP contribution >= 0.6 is 0 Å². The monoisotopic (exact) mass is 301 g/mol. The summed E-state index contributed by atoms with van der Waals surface area (Å²) in [4.78, 5) is 0. The number of hydrogen-bond acceptors (Lipinski definition) is 3. The van der Waals surface area contributed by atoms with Crippen LogP contribution in [0.25, 0.3) is 0 Å². The van der Waals surface area contributed by atoms with Gasteiger partial charge in [0.2, 0.25) is 0 Å². The Morgan fingerprint density at radius 3 is 1.81 bits per heavy atom. The molecule has 0 amide bonds. The molecule has 1 aliphatic rings. The Morgan fingerprint density at radius 1 is 1.00 bits per heavy atom. The number of alkyl halides is 3. The molecule has 1 aliphatic heterocycles. The summed E-state index contributed by atoms with van der Waals surface area (Å²) < 4.78 is 49.2. The van der Waals surface area contributed by atoms with Gasteiger partial charge in [0.15, 0.2) is 0 Å². The van der Waals surface area contributed by atoms with E-state index in [1.165, 1.54) is 12.1 Å². The van der Waals surface area contributed by atoms with Gasteiger partial charge in [0, 0.05) is 0 Å². The summed E-state index contributed by atoms with van der Waals surface area (Å²) in [6.07, 6.45) is -4.35. The maximum Gasteiger partial charge on any atom is 0.480 e. The van der Waals surface area contributed by atoms with E-state index in [1.807, 2.05) is 27.7 Å². The van der Waals surface area contributed by atoms with E-state index in [-0.39, 0.29) is 0 Å². The summed E-state index contributed by atoms with van der Waals surface area (Å²) in [5.74, 6) is -0.645. The molecule has 0 bridgehead atoms. The van der Waals surface area contributed by atoms with Gasteiger partial charge in [-0.1, -0.05) is 12.1 Å². The van der Waals surface area contributed by atoms with E-state index in [9.17, 15) is 13.2 Å². The first-order chi connectivity index (χ1) is 9.44. The fourth-order valence-corrected chi connectivity index (χ4v) is 2.09. The molecular weight excluding hydrogens is 282 g/mol. The van der Waals surface area contributed by atoms with E-state index < -0.39 is 36.0 Å². The van der Waals surface area contributed by atoms with E-state index >= 15 is 0 Å². The summed E-state index contributed by atoms with van der Waals surface area (Å²) in [5, 5.41) is 0. The van der Waals surface area contributed by atoms with Crippen LogP contribution in [0.15, 0.2) is 24.3 Å². The number of benzene rings is 1. The summed E-state index contributed by atoms with van der Waals surface area (Å²) in [5.41, 5.74) is 4.86. The number of nitrogens with two attached hydrogens (primary N) is 1. The van der Waals surface area contributed by atoms with Gasteiger partial charge in [-0.25, -0.2) is 0 Å². The molecule has 0 radical (unpaired) electrons. The third-order valence-corrected chi connectivity index (χ3v) is 4.19. The zero-order valence-electron chi connectivity index (χ0n) is 12.5. The highest BCUT2D eigenvalue weighted by Crippen LogP contribution is 2.39. The first-order valence-corrected chi connectivity index (χ1v) is 6.72. The van der Waals surface area contributed by atoms with Crippen molar-refractivity contribution >= 4 is 7.12 Å². The van der Waals surface area contributed by atoms with Crippen LogP contribution in [-0.4, -0.2) is 18.3 Å². The normalized spacial score (nSPS) is 22.4. The molecule has 0 aliphatic carbocycles. The summed E-state index contributed by atoms with van der Waals surface area (Å²) in [6.45, 7) is 7.58. The van der Waals surface area contributed by atoms with Crippen LogP contribution in [0.2, 0.25) is 0 Å². The smallest absolute Gasteiger partial charge is 0.402 e. The molecule has 1 fully saturated rings. The van der Waals surface area contributed by atoms with Gasteiger partial charge in [0.1, 0.15) is 0 Å². The lowest BCUT2D eigenvalue weighted by Crippen LogP contribution is -2.41. The first-order valence-electron chi connectivity index (χ1n) is 6.72. The van der Waals surface area contributed by atoms with E-state index in [0.717, 1.165) is 12.1 Å². The summed E-state index contributed by atoms with van der Waals surface area (Å²) in [6, 6.07) is 4.75. The summed E-state index contributed by atoms with van der Waals surface area (Å²) >= 11 is 0. The Hall–Kier alpha value is -1.05. The average molecular weight is 301 g/mol. The van der Waals surface area contributed by atoms with Crippen LogP contribution in [-0.2, 0) is 15.5 Å². The standard InChI is InChI=1S/C14H19BF3NO2/c1-12(2)13(3,4)21-15(20-12)11(19)9-5-7-10(8-6-9)14(16,17)18/h5-8,11H,19H2,1-4H3/t11-/m1/s1. The second-order valence-corrected chi connectivity index (χ2v) is 6.27. The molecule has 1 saturated heterocycles. The molecule has 1 heterocycles. The van der Waals surface area contributed by atoms with Crippen LogP contribution < -0.4 is 5.73 Å². The van der Waals surface area contributed by atoms with Crippen LogP contribution in [0.4, 0.5) is 13.2 Å². The van der Waals surface area contributed by atoms with Crippen LogP contribution in [0.3, 0.4) is 0 Å². The van der Waals surface area contributed by atoms with Crippen LogP contribution in [0.1, 0.15) is 44.8 Å². The van der Waals surface area contributed by atoms with Crippen molar-refractivity contribution in [2.45, 2.75) is 51.0 Å². The van der Waals surface area contributed by atoms with Crippen LogP contribution in [0.5, 0.6) is 0 Å². The van der Waals surface area contributed by atoms with Gasteiger partial charge in [0.05, 0.1) is 22.7 Å². The minimum atomic E-state index is -4.35. The zero-order valence-corrected chi connectivity index (χ0v) is 12.5. The molecule has 7 heteroatoms. The maximum absolute atomic E-state index is 12.5. The van der Waals surface area contributed by atoms with Crippen molar-refractivity contribution in [2.24, 2.45) is 5.73 Å². The van der Waals surface area contributed by atoms with E-state index in [4.69, 9.17) is 15.0 Å². The molecule has 0 unspecified atom stereocenters. The highest BCUT2D eigenvalue weighted by atomic mass is 19.4. The van der Waals surface area contributed by atoms with Gasteiger partial charge in [-0.15, -0.1) is 0 Å². The van der Waals surface area contributed by atoms with Crippen molar-refractivity contribution in [1.29, 1.82) is 0 Å². The molecule has 0 aromatic heterocycles. The second kappa shape index (κ2) is 5.00. The molecule has 1 aromatic carbocycles. The Kier molecular flexibility index (Phi) is 3.89. The third kappa shape index (κ3) is 3.10. The first kappa shape index (κ1) is 16.3. The Labute approximate surface area is 122 Å². The SMILES string of the molecule is CC1(C)OB([C@H](N)c2ccc(C(F)(F)F)cc2)OC1(C)C. The van der Waals surface area contributed by atoms with Crippen LogP contribution in [0, 0.1) is 0 Å². The average Bonchev–Trinajstić information content (AvgIpc) is 2.57. The van der Waals surface area contributed by atoms with Crippen molar-refractivity contribution in [2.75, 3.05) is 0 Å². The minimum absolute atomic E-state index is 0.527. The maximum atomic E-state index is 12.5. The van der Waals surface area contributed by atoms with Crippen molar-refractivity contribution < 1.29 is 22.5 Å².